The van der Waals surface area contributed by atoms with E-state index in [1.165, 1.54) is 29.5 Å². The fourth-order valence-corrected chi connectivity index (χ4v) is 5.11. The zero-order chi connectivity index (χ0) is 23.1. The monoisotopic (exact) mass is 465 g/mol. The summed E-state index contributed by atoms with van der Waals surface area (Å²) < 4.78 is 27.6. The van der Waals surface area contributed by atoms with E-state index in [4.69, 9.17) is 0 Å². The van der Waals surface area contributed by atoms with Crippen LogP contribution in [0.1, 0.15) is 39.5 Å². The first-order chi connectivity index (χ1) is 15.9. The summed E-state index contributed by atoms with van der Waals surface area (Å²) >= 11 is 1.45. The molecular formula is C26H25F2N3OS. The van der Waals surface area contributed by atoms with Crippen LogP contribution in [0.25, 0.3) is 21.3 Å². The lowest BCUT2D eigenvalue weighted by atomic mass is 10.1. The molecule has 0 radical (unpaired) electrons. The van der Waals surface area contributed by atoms with Crippen LogP contribution in [0.4, 0.5) is 8.78 Å². The zero-order valence-electron chi connectivity index (χ0n) is 18.6. The summed E-state index contributed by atoms with van der Waals surface area (Å²) in [4.78, 5) is 24.1. The Hall–Kier alpha value is -3.06. The number of nitrogens with zero attached hydrogens (tertiary/aromatic N) is 2. The highest BCUT2D eigenvalue weighted by molar-refractivity contribution is 7.15. The summed E-state index contributed by atoms with van der Waals surface area (Å²) in [7, 11) is 0. The number of nitrogens with one attached hydrogen (secondary N) is 1. The molecule has 0 spiro atoms. The van der Waals surface area contributed by atoms with Crippen LogP contribution in [0.3, 0.4) is 0 Å². The van der Waals surface area contributed by atoms with Crippen molar-refractivity contribution in [1.29, 1.82) is 0 Å². The molecule has 170 valence electrons. The largest absolute Gasteiger partial charge is 0.361 e. The van der Waals surface area contributed by atoms with E-state index in [1.807, 2.05) is 18.0 Å². The molecule has 4 aromatic rings. The number of amides is 1. The van der Waals surface area contributed by atoms with Gasteiger partial charge in [-0.05, 0) is 86.1 Å². The van der Waals surface area contributed by atoms with Gasteiger partial charge in [0.1, 0.15) is 17.3 Å². The number of benzene rings is 2. The van der Waals surface area contributed by atoms with Crippen LogP contribution in [-0.4, -0.2) is 33.9 Å². The van der Waals surface area contributed by atoms with Gasteiger partial charge in [0, 0.05) is 30.2 Å². The average molecular weight is 466 g/mol. The first-order valence-electron chi connectivity index (χ1n) is 11.2. The Balaban J connectivity index is 1.43. The number of hydrogen-bond donors (Lipinski definition) is 1. The van der Waals surface area contributed by atoms with Crippen molar-refractivity contribution in [2.75, 3.05) is 13.1 Å². The third-order valence-corrected chi connectivity index (χ3v) is 7.22. The molecule has 1 aliphatic carbocycles. The van der Waals surface area contributed by atoms with Crippen molar-refractivity contribution in [3.63, 3.8) is 0 Å². The van der Waals surface area contributed by atoms with E-state index in [0.29, 0.717) is 36.7 Å². The number of rotatable bonds is 7. The molecule has 0 bridgehead atoms. The molecule has 0 saturated heterocycles. The molecule has 0 aliphatic heterocycles. The maximum atomic E-state index is 13.8. The van der Waals surface area contributed by atoms with E-state index in [1.54, 1.807) is 25.1 Å². The lowest BCUT2D eigenvalue weighted by Crippen LogP contribution is -2.35. The minimum Gasteiger partial charge on any atom is -0.361 e. The SMILES string of the molecule is Cc1nc(C(=O)N(CCc2c[nH]c3ccc(F)cc23)CC2CC2)c(-c2ccc(F)c(C)c2)s1. The summed E-state index contributed by atoms with van der Waals surface area (Å²) in [6.45, 7) is 4.82. The Labute approximate surface area is 195 Å². The zero-order valence-corrected chi connectivity index (χ0v) is 19.4. The van der Waals surface area contributed by atoms with E-state index in [-0.39, 0.29) is 17.5 Å². The number of halogens is 2. The van der Waals surface area contributed by atoms with Crippen LogP contribution >= 0.6 is 11.3 Å². The first kappa shape index (κ1) is 21.8. The number of thiazole rings is 1. The van der Waals surface area contributed by atoms with Gasteiger partial charge in [-0.1, -0.05) is 6.07 Å². The van der Waals surface area contributed by atoms with Crippen LogP contribution in [0.2, 0.25) is 0 Å². The van der Waals surface area contributed by atoms with Gasteiger partial charge in [-0.15, -0.1) is 11.3 Å². The number of hydrogen-bond acceptors (Lipinski definition) is 3. The van der Waals surface area contributed by atoms with Crippen molar-refractivity contribution >= 4 is 28.1 Å². The van der Waals surface area contributed by atoms with Crippen LogP contribution in [0, 0.1) is 31.4 Å². The molecule has 1 fully saturated rings. The van der Waals surface area contributed by atoms with E-state index in [2.05, 4.69) is 9.97 Å². The van der Waals surface area contributed by atoms with Gasteiger partial charge in [-0.25, -0.2) is 13.8 Å². The second-order valence-electron chi connectivity index (χ2n) is 8.82. The highest BCUT2D eigenvalue weighted by Crippen LogP contribution is 2.34. The molecular weight excluding hydrogens is 440 g/mol. The number of fused-ring (bicyclic) bond motifs is 1. The minimum atomic E-state index is -0.272. The van der Waals surface area contributed by atoms with E-state index >= 15 is 0 Å². The highest BCUT2D eigenvalue weighted by atomic mass is 32.1. The maximum Gasteiger partial charge on any atom is 0.274 e. The number of aromatic nitrogens is 2. The summed E-state index contributed by atoms with van der Waals surface area (Å²) in [5.74, 6) is -0.121. The first-order valence-corrected chi connectivity index (χ1v) is 12.0. The number of H-pyrrole nitrogens is 1. The minimum absolute atomic E-state index is 0.103. The molecule has 0 unspecified atom stereocenters. The number of carbonyl (C=O) groups excluding carboxylic acids is 1. The second-order valence-corrected chi connectivity index (χ2v) is 10.0. The lowest BCUT2D eigenvalue weighted by Gasteiger charge is -2.22. The van der Waals surface area contributed by atoms with E-state index in [9.17, 15) is 13.6 Å². The summed E-state index contributed by atoms with van der Waals surface area (Å²) in [5.41, 5.74) is 3.64. The van der Waals surface area contributed by atoms with Gasteiger partial charge >= 0.3 is 0 Å². The van der Waals surface area contributed by atoms with Crippen LogP contribution in [0.15, 0.2) is 42.6 Å². The van der Waals surface area contributed by atoms with Crippen molar-refractivity contribution in [3.05, 3.63) is 76.1 Å². The number of aryl methyl sites for hydroxylation is 2. The summed E-state index contributed by atoms with van der Waals surface area (Å²) in [6.07, 6.45) is 4.77. The summed E-state index contributed by atoms with van der Waals surface area (Å²) in [5, 5.41) is 1.65. The Bertz CT molecular complexity index is 1340. The molecule has 1 aliphatic rings. The molecule has 2 aromatic heterocycles. The van der Waals surface area contributed by atoms with Crippen molar-refractivity contribution < 1.29 is 13.6 Å². The number of carbonyl (C=O) groups is 1. The van der Waals surface area contributed by atoms with Gasteiger partial charge in [-0.3, -0.25) is 4.79 Å². The van der Waals surface area contributed by atoms with Gasteiger partial charge in [0.05, 0.1) is 9.88 Å². The molecule has 5 rings (SSSR count). The summed E-state index contributed by atoms with van der Waals surface area (Å²) in [6, 6.07) is 9.62. The van der Waals surface area contributed by atoms with Crippen LogP contribution < -0.4 is 0 Å². The molecule has 7 heteroatoms. The van der Waals surface area contributed by atoms with Crippen LogP contribution in [0.5, 0.6) is 0 Å². The molecule has 1 saturated carbocycles. The van der Waals surface area contributed by atoms with Crippen molar-refractivity contribution in [2.45, 2.75) is 33.1 Å². The molecule has 0 atom stereocenters. The van der Waals surface area contributed by atoms with Crippen LogP contribution in [-0.2, 0) is 6.42 Å². The molecule has 1 amide bonds. The topological polar surface area (TPSA) is 49.0 Å². The Kier molecular flexibility index (Phi) is 5.74. The van der Waals surface area contributed by atoms with Crippen molar-refractivity contribution in [3.8, 4) is 10.4 Å². The number of aromatic amines is 1. The van der Waals surface area contributed by atoms with Crippen molar-refractivity contribution in [1.82, 2.24) is 14.9 Å². The average Bonchev–Trinajstić information content (AvgIpc) is 3.40. The molecule has 4 nitrogen and oxygen atoms in total. The molecule has 1 N–H and O–H groups in total. The van der Waals surface area contributed by atoms with Crippen molar-refractivity contribution in [2.24, 2.45) is 5.92 Å². The third-order valence-electron chi connectivity index (χ3n) is 6.20. The predicted octanol–water partition coefficient (Wildman–Crippen LogP) is 6.28. The quantitative estimate of drug-likeness (QED) is 0.349. The maximum absolute atomic E-state index is 13.8. The van der Waals surface area contributed by atoms with Gasteiger partial charge in [0.15, 0.2) is 0 Å². The van der Waals surface area contributed by atoms with Gasteiger partial charge < -0.3 is 9.88 Å². The van der Waals surface area contributed by atoms with Gasteiger partial charge in [-0.2, -0.15) is 0 Å². The predicted molar refractivity (Wildman–Crippen MR) is 128 cm³/mol. The smallest absolute Gasteiger partial charge is 0.274 e. The Morgan fingerprint density at radius 1 is 1.18 bits per heavy atom. The third kappa shape index (κ3) is 4.55. The van der Waals surface area contributed by atoms with E-state index < -0.39 is 0 Å². The second kappa shape index (κ2) is 8.71. The van der Waals surface area contributed by atoms with Gasteiger partial charge in [0.2, 0.25) is 0 Å². The Morgan fingerprint density at radius 2 is 2.00 bits per heavy atom. The molecule has 33 heavy (non-hydrogen) atoms. The molecule has 2 heterocycles. The highest BCUT2D eigenvalue weighted by Gasteiger charge is 2.30. The fourth-order valence-electron chi connectivity index (χ4n) is 4.20. The Morgan fingerprint density at radius 3 is 2.76 bits per heavy atom. The normalized spacial score (nSPS) is 13.6. The standard InChI is InChI=1S/C26H25F2N3OS/c1-15-11-18(5-7-22(15)28)25-24(30-16(2)33-25)26(32)31(14-17-3-4-17)10-9-19-13-29-23-8-6-20(27)12-21(19)23/h5-8,11-13,17,29H,3-4,9-10,14H2,1-2H3. The van der Waals surface area contributed by atoms with Gasteiger partial charge in [0.25, 0.3) is 5.91 Å². The molecule has 2 aromatic carbocycles. The lowest BCUT2D eigenvalue weighted by molar-refractivity contribution is 0.0745. The fraction of sp³-hybridized carbons (Fsp3) is 0.308. The van der Waals surface area contributed by atoms with E-state index in [0.717, 1.165) is 44.8 Å².